The van der Waals surface area contributed by atoms with Crippen molar-refractivity contribution in [3.05, 3.63) is 70.6 Å². The maximum Gasteiger partial charge on any atom is 0.243 e. The number of amides is 2. The second-order valence-corrected chi connectivity index (χ2v) is 8.64. The molecule has 3 aromatic rings. The van der Waals surface area contributed by atoms with E-state index in [1.54, 1.807) is 30.5 Å². The van der Waals surface area contributed by atoms with E-state index in [2.05, 4.69) is 16.0 Å². The molecule has 33 heavy (non-hydrogen) atoms. The van der Waals surface area contributed by atoms with Crippen LogP contribution >= 0.6 is 11.6 Å². The van der Waals surface area contributed by atoms with Crippen molar-refractivity contribution in [3.8, 4) is 16.9 Å². The zero-order valence-electron chi connectivity index (χ0n) is 18.3. The minimum atomic E-state index is -0.0866. The fourth-order valence-electron chi connectivity index (χ4n) is 4.44. The van der Waals surface area contributed by atoms with Gasteiger partial charge < -0.3 is 9.64 Å². The van der Waals surface area contributed by atoms with E-state index in [1.807, 2.05) is 24.3 Å². The van der Waals surface area contributed by atoms with Gasteiger partial charge in [-0.1, -0.05) is 17.7 Å². The number of carbonyl (C=O) groups is 2. The van der Waals surface area contributed by atoms with Crippen molar-refractivity contribution in [3.63, 3.8) is 0 Å². The summed E-state index contributed by atoms with van der Waals surface area (Å²) in [4.78, 5) is 37.8. The highest BCUT2D eigenvalue weighted by Gasteiger charge is 2.30. The number of aromatic nitrogens is 2. The number of ether oxygens (including phenoxy) is 1. The van der Waals surface area contributed by atoms with Crippen molar-refractivity contribution in [1.82, 2.24) is 14.9 Å². The summed E-state index contributed by atoms with van der Waals surface area (Å²) in [7, 11) is 1.63. The van der Waals surface area contributed by atoms with Gasteiger partial charge in [-0.2, -0.15) is 0 Å². The number of anilines is 1. The summed E-state index contributed by atoms with van der Waals surface area (Å²) >= 11 is 6.03. The molecule has 4 heterocycles. The molecular weight excluding hydrogens is 440 g/mol. The first-order valence-electron chi connectivity index (χ1n) is 10.9. The molecule has 0 unspecified atom stereocenters. The van der Waals surface area contributed by atoms with Gasteiger partial charge in [0.05, 0.1) is 7.11 Å². The topological polar surface area (TPSA) is 75.6 Å². The van der Waals surface area contributed by atoms with E-state index in [0.717, 1.165) is 34.4 Å². The van der Waals surface area contributed by atoms with Crippen LogP contribution in [0.5, 0.6) is 5.75 Å². The van der Waals surface area contributed by atoms with Gasteiger partial charge in [0.25, 0.3) is 0 Å². The molecule has 0 saturated carbocycles. The van der Waals surface area contributed by atoms with Crippen molar-refractivity contribution in [1.29, 1.82) is 0 Å². The number of hydrogen-bond acceptors (Lipinski definition) is 5. The Hall–Kier alpha value is -3.45. The molecule has 0 atom stereocenters. The van der Waals surface area contributed by atoms with Gasteiger partial charge in [-0.15, -0.1) is 0 Å². The first-order chi connectivity index (χ1) is 16.0. The molecule has 7 nitrogen and oxygen atoms in total. The van der Waals surface area contributed by atoms with Gasteiger partial charge in [-0.3, -0.25) is 14.5 Å². The standard InChI is InChI=1S/C25H23ClN4O3/c1-33-21-4-2-16-7-9-29(14-20(16)11-21)24(32)15-30-23(31)5-3-18-10-19(13-28-25(18)30)17-6-8-27-22(26)12-17/h2,4,6,8,10-13H,3,5,7,9,14-15H2,1H3. The third-order valence-corrected chi connectivity index (χ3v) is 6.45. The van der Waals surface area contributed by atoms with E-state index in [4.69, 9.17) is 16.3 Å². The third kappa shape index (κ3) is 4.28. The molecule has 0 spiro atoms. The highest BCUT2D eigenvalue weighted by atomic mass is 35.5. The first-order valence-corrected chi connectivity index (χ1v) is 11.2. The SMILES string of the molecule is COc1ccc2c(c1)CN(C(=O)CN1C(=O)CCc3cc(-c4ccnc(Cl)c4)cnc31)CC2. The van der Waals surface area contributed by atoms with Crippen molar-refractivity contribution in [2.24, 2.45) is 0 Å². The van der Waals surface area contributed by atoms with Crippen molar-refractivity contribution >= 4 is 29.2 Å². The van der Waals surface area contributed by atoms with Crippen LogP contribution < -0.4 is 9.64 Å². The quantitative estimate of drug-likeness (QED) is 0.553. The highest BCUT2D eigenvalue weighted by molar-refractivity contribution is 6.29. The molecule has 5 rings (SSSR count). The first kappa shape index (κ1) is 21.4. The summed E-state index contributed by atoms with van der Waals surface area (Å²) in [5.74, 6) is 1.17. The Morgan fingerprint density at radius 1 is 1.03 bits per heavy atom. The molecule has 1 aromatic carbocycles. The largest absolute Gasteiger partial charge is 0.497 e. The number of aryl methyl sites for hydroxylation is 1. The van der Waals surface area contributed by atoms with Gasteiger partial charge in [0, 0.05) is 37.5 Å². The highest BCUT2D eigenvalue weighted by Crippen LogP contribution is 2.31. The zero-order valence-corrected chi connectivity index (χ0v) is 19.0. The van der Waals surface area contributed by atoms with E-state index in [9.17, 15) is 9.59 Å². The van der Waals surface area contributed by atoms with Gasteiger partial charge in [0.15, 0.2) is 0 Å². The van der Waals surface area contributed by atoms with Gasteiger partial charge in [0.2, 0.25) is 11.8 Å². The molecule has 0 fully saturated rings. The fourth-order valence-corrected chi connectivity index (χ4v) is 4.61. The number of methoxy groups -OCH3 is 1. The Kier molecular flexibility index (Phi) is 5.72. The smallest absolute Gasteiger partial charge is 0.243 e. The normalized spacial score (nSPS) is 15.2. The van der Waals surface area contributed by atoms with Crippen LogP contribution in [0.1, 0.15) is 23.1 Å². The number of hydrogen-bond donors (Lipinski definition) is 0. The van der Waals surface area contributed by atoms with Crippen LogP contribution in [-0.4, -0.2) is 46.9 Å². The van der Waals surface area contributed by atoms with E-state index in [1.165, 1.54) is 10.5 Å². The molecule has 2 aromatic heterocycles. The van der Waals surface area contributed by atoms with Crippen LogP contribution in [0.2, 0.25) is 5.15 Å². The van der Waals surface area contributed by atoms with Crippen LogP contribution in [0.15, 0.2) is 48.8 Å². The molecule has 0 saturated heterocycles. The van der Waals surface area contributed by atoms with Crippen molar-refractivity contribution < 1.29 is 14.3 Å². The number of halogens is 1. The molecule has 2 aliphatic heterocycles. The molecule has 0 radical (unpaired) electrons. The number of rotatable bonds is 4. The summed E-state index contributed by atoms with van der Waals surface area (Å²) in [6.07, 6.45) is 5.09. The fraction of sp³-hybridized carbons (Fsp3) is 0.280. The Morgan fingerprint density at radius 2 is 1.91 bits per heavy atom. The maximum atomic E-state index is 13.2. The zero-order chi connectivity index (χ0) is 22.9. The predicted octanol–water partition coefficient (Wildman–Crippen LogP) is 3.67. The van der Waals surface area contributed by atoms with Crippen LogP contribution in [0, 0.1) is 0 Å². The average Bonchev–Trinajstić information content (AvgIpc) is 2.84. The molecule has 0 N–H and O–H groups in total. The van der Waals surface area contributed by atoms with Gasteiger partial charge in [0.1, 0.15) is 23.3 Å². The van der Waals surface area contributed by atoms with Crippen LogP contribution in [0.4, 0.5) is 5.82 Å². The van der Waals surface area contributed by atoms with E-state index in [0.29, 0.717) is 36.9 Å². The van der Waals surface area contributed by atoms with E-state index in [-0.39, 0.29) is 18.4 Å². The maximum absolute atomic E-state index is 13.2. The van der Waals surface area contributed by atoms with Crippen molar-refractivity contribution in [2.75, 3.05) is 25.1 Å². The van der Waals surface area contributed by atoms with Crippen LogP contribution in [-0.2, 0) is 29.0 Å². The second-order valence-electron chi connectivity index (χ2n) is 8.25. The minimum Gasteiger partial charge on any atom is -0.497 e. The molecule has 168 valence electrons. The number of fused-ring (bicyclic) bond motifs is 2. The Balaban J connectivity index is 1.36. The van der Waals surface area contributed by atoms with Crippen molar-refractivity contribution in [2.45, 2.75) is 25.8 Å². The van der Waals surface area contributed by atoms with Crippen LogP contribution in [0.25, 0.3) is 11.1 Å². The lowest BCUT2D eigenvalue weighted by atomic mass is 9.99. The molecule has 8 heteroatoms. The number of benzene rings is 1. The van der Waals surface area contributed by atoms with Gasteiger partial charge in [-0.25, -0.2) is 9.97 Å². The lowest BCUT2D eigenvalue weighted by Crippen LogP contribution is -2.46. The summed E-state index contributed by atoms with van der Waals surface area (Å²) < 4.78 is 5.32. The molecule has 2 amide bonds. The Labute approximate surface area is 197 Å². The van der Waals surface area contributed by atoms with Gasteiger partial charge >= 0.3 is 0 Å². The summed E-state index contributed by atoms with van der Waals surface area (Å²) in [6.45, 7) is 1.12. The third-order valence-electron chi connectivity index (χ3n) is 6.24. The van der Waals surface area contributed by atoms with Gasteiger partial charge in [-0.05, 0) is 65.4 Å². The monoisotopic (exact) mass is 462 g/mol. The van der Waals surface area contributed by atoms with E-state index < -0.39 is 0 Å². The molecular formula is C25H23ClN4O3. The summed E-state index contributed by atoms with van der Waals surface area (Å²) in [6, 6.07) is 11.6. The molecule has 2 aliphatic rings. The summed E-state index contributed by atoms with van der Waals surface area (Å²) in [5, 5.41) is 0.411. The lowest BCUT2D eigenvalue weighted by Gasteiger charge is -2.33. The average molecular weight is 463 g/mol. The lowest BCUT2D eigenvalue weighted by molar-refractivity contribution is -0.132. The number of nitrogens with zero attached hydrogens (tertiary/aromatic N) is 4. The molecule has 0 aliphatic carbocycles. The summed E-state index contributed by atoms with van der Waals surface area (Å²) in [5.41, 5.74) is 5.07. The van der Waals surface area contributed by atoms with E-state index >= 15 is 0 Å². The predicted molar refractivity (Wildman–Crippen MR) is 125 cm³/mol. The molecule has 0 bridgehead atoms. The number of pyridine rings is 2. The Bertz CT molecular complexity index is 1250. The van der Waals surface area contributed by atoms with Crippen LogP contribution in [0.3, 0.4) is 0 Å². The number of carbonyl (C=O) groups excluding carboxylic acids is 2. The second kappa shape index (κ2) is 8.83. The Morgan fingerprint density at radius 3 is 2.73 bits per heavy atom. The minimum absolute atomic E-state index is 0.0153.